The van der Waals surface area contributed by atoms with E-state index in [0.717, 1.165) is 5.39 Å². The molecule has 90 valence electrons. The van der Waals surface area contributed by atoms with Gasteiger partial charge in [-0.05, 0) is 29.3 Å². The highest BCUT2D eigenvalue weighted by atomic mass is 35.5. The monoisotopic (exact) mass is 261 g/mol. The van der Waals surface area contributed by atoms with Crippen LogP contribution in [0.2, 0.25) is 5.02 Å². The molecule has 0 heterocycles. The quantitative estimate of drug-likeness (QED) is 0.583. The van der Waals surface area contributed by atoms with Crippen LogP contribution in [0.5, 0.6) is 0 Å². The number of benzene rings is 2. The number of rotatable bonds is 1. The van der Waals surface area contributed by atoms with Gasteiger partial charge in [-0.25, -0.2) is 0 Å². The molecule has 3 rings (SSSR count). The van der Waals surface area contributed by atoms with E-state index in [9.17, 15) is 14.9 Å². The molecule has 0 amide bonds. The zero-order valence-corrected chi connectivity index (χ0v) is 10.0. The highest BCUT2D eigenvalue weighted by molar-refractivity contribution is 6.31. The van der Waals surface area contributed by atoms with E-state index in [-0.39, 0.29) is 11.5 Å². The van der Waals surface area contributed by atoms with Crippen LogP contribution in [-0.4, -0.2) is 10.7 Å². The van der Waals surface area contributed by atoms with E-state index in [4.69, 9.17) is 11.6 Å². The van der Waals surface area contributed by atoms with E-state index >= 15 is 0 Å². The average molecular weight is 262 g/mol. The summed E-state index contributed by atoms with van der Waals surface area (Å²) in [6.45, 7) is 0. The summed E-state index contributed by atoms with van der Waals surface area (Å²) in [5.41, 5.74) is 1.07. The Bertz CT molecular complexity index is 709. The van der Waals surface area contributed by atoms with Gasteiger partial charge in [-0.3, -0.25) is 14.9 Å². The Hall–Kier alpha value is -1.94. The van der Waals surface area contributed by atoms with Gasteiger partial charge in [-0.1, -0.05) is 17.7 Å². The van der Waals surface area contributed by atoms with Crippen molar-refractivity contribution in [1.29, 1.82) is 0 Å². The normalized spacial score (nSPS) is 13.9. The van der Waals surface area contributed by atoms with Crippen LogP contribution < -0.4 is 0 Å². The lowest BCUT2D eigenvalue weighted by molar-refractivity contribution is -0.385. The maximum atomic E-state index is 11.9. The van der Waals surface area contributed by atoms with Crippen LogP contribution in [0, 0.1) is 10.1 Å². The molecule has 2 aromatic carbocycles. The van der Waals surface area contributed by atoms with Gasteiger partial charge in [0, 0.05) is 28.6 Å². The second-order valence-corrected chi connectivity index (χ2v) is 4.73. The number of hydrogen-bond donors (Lipinski definition) is 0. The van der Waals surface area contributed by atoms with Crippen molar-refractivity contribution in [3.63, 3.8) is 0 Å². The van der Waals surface area contributed by atoms with Gasteiger partial charge >= 0.3 is 0 Å². The fraction of sp³-hybridized carbons (Fsp3) is 0.154. The Kier molecular flexibility index (Phi) is 2.35. The summed E-state index contributed by atoms with van der Waals surface area (Å²) in [6.07, 6.45) is 0.793. The number of carbonyl (C=O) groups is 1. The minimum absolute atomic E-state index is 0.0191. The SMILES string of the molecule is O=C1CCc2c([N+](=O)[O-])cc3cc(Cl)ccc3c21. The third-order valence-corrected chi connectivity index (χ3v) is 3.50. The van der Waals surface area contributed by atoms with Gasteiger partial charge in [0.1, 0.15) is 0 Å². The van der Waals surface area contributed by atoms with Crippen LogP contribution in [0.15, 0.2) is 24.3 Å². The molecule has 0 radical (unpaired) electrons. The van der Waals surface area contributed by atoms with E-state index in [1.807, 2.05) is 0 Å². The number of hydrogen-bond acceptors (Lipinski definition) is 3. The maximum absolute atomic E-state index is 11.9. The molecule has 0 unspecified atom stereocenters. The number of nitro benzene ring substituents is 1. The standard InChI is InChI=1S/C13H8ClNO3/c14-8-1-2-9-7(5-8)6-11(15(17)18)10-3-4-12(16)13(9)10/h1-2,5-6H,3-4H2. The lowest BCUT2D eigenvalue weighted by atomic mass is 9.99. The van der Waals surface area contributed by atoms with Gasteiger partial charge in [-0.15, -0.1) is 0 Å². The molecule has 0 spiro atoms. The molecule has 18 heavy (non-hydrogen) atoms. The predicted octanol–water partition coefficient (Wildman–Crippen LogP) is 3.53. The number of halogens is 1. The first-order valence-electron chi connectivity index (χ1n) is 5.50. The van der Waals surface area contributed by atoms with Crippen molar-refractivity contribution in [1.82, 2.24) is 0 Å². The topological polar surface area (TPSA) is 60.2 Å². The van der Waals surface area contributed by atoms with E-state index in [1.54, 1.807) is 18.2 Å². The van der Waals surface area contributed by atoms with Gasteiger partial charge in [0.25, 0.3) is 5.69 Å². The lowest BCUT2D eigenvalue weighted by Gasteiger charge is -2.06. The lowest BCUT2D eigenvalue weighted by Crippen LogP contribution is -1.98. The number of ketones is 1. The van der Waals surface area contributed by atoms with Gasteiger partial charge < -0.3 is 0 Å². The van der Waals surface area contributed by atoms with Crippen LogP contribution in [-0.2, 0) is 6.42 Å². The smallest absolute Gasteiger partial charge is 0.273 e. The molecule has 0 bridgehead atoms. The maximum Gasteiger partial charge on any atom is 0.273 e. The Morgan fingerprint density at radius 1 is 1.22 bits per heavy atom. The van der Waals surface area contributed by atoms with Crippen LogP contribution in [0.4, 0.5) is 5.69 Å². The molecule has 0 saturated carbocycles. The van der Waals surface area contributed by atoms with Crippen LogP contribution in [0.1, 0.15) is 22.3 Å². The molecule has 1 aliphatic rings. The predicted molar refractivity (Wildman–Crippen MR) is 68.3 cm³/mol. The van der Waals surface area contributed by atoms with Crippen molar-refractivity contribution in [2.75, 3.05) is 0 Å². The molecule has 0 N–H and O–H groups in total. The largest absolute Gasteiger partial charge is 0.294 e. The van der Waals surface area contributed by atoms with Crippen LogP contribution >= 0.6 is 11.6 Å². The summed E-state index contributed by atoms with van der Waals surface area (Å²) in [6, 6.07) is 6.60. The summed E-state index contributed by atoms with van der Waals surface area (Å²) in [4.78, 5) is 22.5. The van der Waals surface area contributed by atoms with Crippen molar-refractivity contribution in [2.45, 2.75) is 12.8 Å². The van der Waals surface area contributed by atoms with Crippen molar-refractivity contribution in [3.8, 4) is 0 Å². The van der Waals surface area contributed by atoms with Crippen molar-refractivity contribution in [2.24, 2.45) is 0 Å². The number of fused-ring (bicyclic) bond motifs is 3. The second-order valence-electron chi connectivity index (χ2n) is 4.29. The van der Waals surface area contributed by atoms with E-state index in [2.05, 4.69) is 0 Å². The molecule has 0 saturated heterocycles. The first-order chi connectivity index (χ1) is 8.58. The minimum Gasteiger partial charge on any atom is -0.294 e. The fourth-order valence-corrected chi connectivity index (χ4v) is 2.68. The summed E-state index contributed by atoms with van der Waals surface area (Å²) < 4.78 is 0. The molecule has 0 aromatic heterocycles. The highest BCUT2D eigenvalue weighted by Gasteiger charge is 2.29. The molecular weight excluding hydrogens is 254 g/mol. The van der Waals surface area contributed by atoms with E-state index < -0.39 is 4.92 Å². The Morgan fingerprint density at radius 2 is 2.00 bits per heavy atom. The van der Waals surface area contributed by atoms with Gasteiger partial charge in [0.05, 0.1) is 4.92 Å². The van der Waals surface area contributed by atoms with Crippen molar-refractivity contribution < 1.29 is 9.72 Å². The van der Waals surface area contributed by atoms with Crippen molar-refractivity contribution in [3.05, 3.63) is 50.5 Å². The zero-order chi connectivity index (χ0) is 12.9. The zero-order valence-electron chi connectivity index (χ0n) is 9.27. The highest BCUT2D eigenvalue weighted by Crippen LogP contribution is 2.37. The molecule has 0 fully saturated rings. The van der Waals surface area contributed by atoms with Crippen LogP contribution in [0.25, 0.3) is 10.8 Å². The summed E-state index contributed by atoms with van der Waals surface area (Å²) >= 11 is 5.88. The summed E-state index contributed by atoms with van der Waals surface area (Å²) in [7, 11) is 0. The Labute approximate surface area is 107 Å². The third kappa shape index (κ3) is 1.49. The molecular formula is C13H8ClNO3. The van der Waals surface area contributed by atoms with Gasteiger partial charge in [-0.2, -0.15) is 0 Å². The number of carbonyl (C=O) groups excluding carboxylic acids is 1. The summed E-state index contributed by atoms with van der Waals surface area (Å²) in [5.74, 6) is -0.0268. The number of Topliss-reactive ketones (excluding diaryl/α,β-unsaturated/α-hetero) is 1. The van der Waals surface area contributed by atoms with Crippen LogP contribution in [0.3, 0.4) is 0 Å². The Morgan fingerprint density at radius 3 is 2.72 bits per heavy atom. The fourth-order valence-electron chi connectivity index (χ4n) is 2.50. The third-order valence-electron chi connectivity index (χ3n) is 3.26. The van der Waals surface area contributed by atoms with Crippen molar-refractivity contribution >= 4 is 33.8 Å². The molecule has 1 aliphatic carbocycles. The van der Waals surface area contributed by atoms with E-state index in [1.165, 1.54) is 6.07 Å². The molecule has 4 nitrogen and oxygen atoms in total. The molecule has 0 aliphatic heterocycles. The minimum atomic E-state index is -0.433. The molecule has 0 atom stereocenters. The number of nitrogens with zero attached hydrogens (tertiary/aromatic N) is 1. The first-order valence-corrected chi connectivity index (χ1v) is 5.88. The Balaban J connectivity index is 2.47. The average Bonchev–Trinajstić information content (AvgIpc) is 2.70. The van der Waals surface area contributed by atoms with Gasteiger partial charge in [0.15, 0.2) is 5.78 Å². The second kappa shape index (κ2) is 3.78. The van der Waals surface area contributed by atoms with Gasteiger partial charge in [0.2, 0.25) is 0 Å². The molecule has 5 heteroatoms. The molecule has 2 aromatic rings. The van der Waals surface area contributed by atoms with E-state index in [0.29, 0.717) is 34.4 Å². The first kappa shape index (κ1) is 11.2. The summed E-state index contributed by atoms with van der Waals surface area (Å²) in [5, 5.41) is 13.0. The number of nitro groups is 1.